The van der Waals surface area contributed by atoms with Gasteiger partial charge in [0, 0.05) is 56.8 Å². The van der Waals surface area contributed by atoms with Gasteiger partial charge >= 0.3 is 0 Å². The first kappa shape index (κ1) is 29.5. The molecule has 0 radical (unpaired) electrons. The van der Waals surface area contributed by atoms with Crippen LogP contribution in [0.25, 0.3) is 0 Å². The van der Waals surface area contributed by atoms with Gasteiger partial charge < -0.3 is 19.6 Å². The first-order chi connectivity index (χ1) is 20.0. The highest BCUT2D eigenvalue weighted by molar-refractivity contribution is 7.88. The van der Waals surface area contributed by atoms with Crippen LogP contribution >= 0.6 is 0 Å². The Morgan fingerprint density at radius 2 is 1.83 bits per heavy atom. The molecule has 2 aromatic carbocycles. The Morgan fingerprint density at radius 1 is 1.07 bits per heavy atom. The third-order valence-corrected chi connectivity index (χ3v) is 9.38. The van der Waals surface area contributed by atoms with Gasteiger partial charge in [-0.05, 0) is 48.2 Å². The van der Waals surface area contributed by atoms with Crippen LogP contribution in [0.1, 0.15) is 35.9 Å². The number of hydrogen-bond acceptors (Lipinski definition) is 8. The second-order valence-electron chi connectivity index (χ2n) is 10.7. The monoisotopic (exact) mass is 599 g/mol. The molecule has 3 atom stereocenters. The fraction of sp³-hybridized carbons (Fsp3) is 0.414. The molecule has 2 saturated heterocycles. The van der Waals surface area contributed by atoms with Gasteiger partial charge in [0.1, 0.15) is 23.1 Å². The number of aromatic hydroxyl groups is 1. The smallest absolute Gasteiger partial charge is 0.264 e. The number of methoxy groups -OCH3 is 1. The fourth-order valence-electron chi connectivity index (χ4n) is 5.99. The van der Waals surface area contributed by atoms with E-state index in [1.54, 1.807) is 35.2 Å². The molecule has 13 heteroatoms. The number of phenols is 1. The second kappa shape index (κ2) is 12.1. The number of carbonyl (C=O) groups excluding carboxylic acids is 1. The molecule has 0 bridgehead atoms. The summed E-state index contributed by atoms with van der Waals surface area (Å²) in [5.74, 6) is -0.905. The summed E-state index contributed by atoms with van der Waals surface area (Å²) in [6, 6.07) is 13.6. The molecule has 1 unspecified atom stereocenters. The minimum absolute atomic E-state index is 0.0928. The summed E-state index contributed by atoms with van der Waals surface area (Å²) in [6.07, 6.45) is 2.18. The van der Waals surface area contributed by atoms with Gasteiger partial charge in [-0.25, -0.2) is 17.9 Å². The lowest BCUT2D eigenvalue weighted by Crippen LogP contribution is -2.47. The molecule has 0 aliphatic carbocycles. The number of aromatic nitrogens is 2. The first-order valence-corrected chi connectivity index (χ1v) is 15.6. The third kappa shape index (κ3) is 6.26. The lowest BCUT2D eigenvalue weighted by Gasteiger charge is -2.37. The van der Waals surface area contributed by atoms with E-state index in [9.17, 15) is 23.1 Å². The van der Waals surface area contributed by atoms with Crippen molar-refractivity contribution < 1.29 is 27.4 Å². The molecular weight excluding hydrogens is 565 g/mol. The summed E-state index contributed by atoms with van der Waals surface area (Å²) < 4.78 is 47.6. The Morgan fingerprint density at radius 3 is 2.48 bits per heavy atom. The van der Waals surface area contributed by atoms with E-state index in [1.807, 2.05) is 4.90 Å². The van der Waals surface area contributed by atoms with Crippen LogP contribution < -0.4 is 15.2 Å². The van der Waals surface area contributed by atoms with E-state index < -0.39 is 33.7 Å². The minimum Gasteiger partial charge on any atom is -0.508 e. The van der Waals surface area contributed by atoms with Crippen molar-refractivity contribution in [2.75, 3.05) is 51.0 Å². The lowest BCUT2D eigenvalue weighted by molar-refractivity contribution is -0.135. The highest BCUT2D eigenvalue weighted by atomic mass is 32.2. The van der Waals surface area contributed by atoms with Crippen LogP contribution in [0.4, 0.5) is 10.2 Å². The Labute approximate surface area is 243 Å². The van der Waals surface area contributed by atoms with E-state index in [0.29, 0.717) is 43.1 Å². The molecule has 42 heavy (non-hydrogen) atoms. The van der Waals surface area contributed by atoms with Crippen LogP contribution in [0.5, 0.6) is 11.5 Å². The van der Waals surface area contributed by atoms with Crippen molar-refractivity contribution in [1.82, 2.24) is 19.4 Å². The molecule has 2 N–H and O–H groups in total. The highest BCUT2D eigenvalue weighted by Crippen LogP contribution is 2.38. The molecular formula is C29H34FN5O6S. The van der Waals surface area contributed by atoms with E-state index in [2.05, 4.69) is 10.2 Å². The predicted octanol–water partition coefficient (Wildman–Crippen LogP) is 2.47. The maximum Gasteiger partial charge on any atom is 0.264 e. The number of nitrogens with one attached hydrogen (secondary N) is 1. The first-order valence-electron chi connectivity index (χ1n) is 13.7. The number of phenolic OH excluding ortho intramolecular Hbond substituents is 1. The summed E-state index contributed by atoms with van der Waals surface area (Å²) in [6.45, 7) is 1.22. The van der Waals surface area contributed by atoms with Crippen LogP contribution in [0.15, 0.2) is 59.4 Å². The number of amides is 1. The van der Waals surface area contributed by atoms with Crippen LogP contribution in [0, 0.1) is 11.7 Å². The zero-order valence-electron chi connectivity index (χ0n) is 23.4. The van der Waals surface area contributed by atoms with E-state index in [4.69, 9.17) is 4.74 Å². The Hall–Kier alpha value is -3.97. The molecule has 1 aromatic heterocycles. The number of anilines is 1. The number of rotatable bonds is 6. The number of halogens is 1. The van der Waals surface area contributed by atoms with Crippen molar-refractivity contribution in [2.45, 2.75) is 24.8 Å². The molecule has 11 nitrogen and oxygen atoms in total. The SMILES string of the molecule is COc1ccc([C@@H]2CN(c3ccc(=O)[nH]n3)C[C@H]2C(=O)N2CCCC(c3ccc(O)cc3)N(S(C)(=O)=O)CC2)c(F)c1. The largest absolute Gasteiger partial charge is 0.508 e. The number of aromatic amines is 1. The Bertz CT molecular complexity index is 1580. The topological polar surface area (TPSA) is 136 Å². The zero-order chi connectivity index (χ0) is 30.0. The molecule has 224 valence electrons. The van der Waals surface area contributed by atoms with Crippen LogP contribution in [0.2, 0.25) is 0 Å². The van der Waals surface area contributed by atoms with Gasteiger partial charge in [0.15, 0.2) is 0 Å². The Kier molecular flexibility index (Phi) is 8.50. The van der Waals surface area contributed by atoms with Crippen molar-refractivity contribution in [3.05, 3.63) is 81.9 Å². The minimum atomic E-state index is -3.63. The summed E-state index contributed by atoms with van der Waals surface area (Å²) in [5, 5.41) is 16.2. The highest BCUT2D eigenvalue weighted by Gasteiger charge is 2.43. The van der Waals surface area contributed by atoms with Crippen molar-refractivity contribution in [2.24, 2.45) is 5.92 Å². The van der Waals surface area contributed by atoms with Gasteiger partial charge in [-0.15, -0.1) is 0 Å². The van der Waals surface area contributed by atoms with E-state index in [0.717, 1.165) is 11.8 Å². The van der Waals surface area contributed by atoms with Crippen molar-refractivity contribution in [1.29, 1.82) is 0 Å². The van der Waals surface area contributed by atoms with Crippen LogP contribution in [0.3, 0.4) is 0 Å². The Balaban J connectivity index is 1.42. The summed E-state index contributed by atoms with van der Waals surface area (Å²) in [7, 11) is -2.18. The molecule has 3 aromatic rings. The average Bonchev–Trinajstić information content (AvgIpc) is 3.38. The number of H-pyrrole nitrogens is 1. The molecule has 5 rings (SSSR count). The number of sulfonamides is 1. The average molecular weight is 600 g/mol. The number of carbonyl (C=O) groups is 1. The van der Waals surface area contributed by atoms with Crippen molar-refractivity contribution in [3.8, 4) is 11.5 Å². The number of nitrogens with zero attached hydrogens (tertiary/aromatic N) is 4. The predicted molar refractivity (Wildman–Crippen MR) is 154 cm³/mol. The molecule has 2 fully saturated rings. The second-order valence-corrected chi connectivity index (χ2v) is 12.7. The number of hydrogen-bond donors (Lipinski definition) is 2. The van der Waals surface area contributed by atoms with E-state index >= 15 is 4.39 Å². The van der Waals surface area contributed by atoms with E-state index in [-0.39, 0.29) is 36.9 Å². The summed E-state index contributed by atoms with van der Waals surface area (Å²) in [5.41, 5.74) is 0.788. The summed E-state index contributed by atoms with van der Waals surface area (Å²) >= 11 is 0. The normalized spacial score (nSPS) is 22.0. The molecule has 3 heterocycles. The van der Waals surface area contributed by atoms with Crippen LogP contribution in [-0.4, -0.2) is 84.9 Å². The van der Waals surface area contributed by atoms with E-state index in [1.165, 1.54) is 35.7 Å². The van der Waals surface area contributed by atoms with Crippen molar-refractivity contribution in [3.63, 3.8) is 0 Å². The van der Waals surface area contributed by atoms with Gasteiger partial charge in [-0.1, -0.05) is 18.2 Å². The van der Waals surface area contributed by atoms with Crippen molar-refractivity contribution >= 4 is 21.7 Å². The molecule has 2 aliphatic heterocycles. The molecule has 0 spiro atoms. The maximum atomic E-state index is 15.3. The maximum absolute atomic E-state index is 15.3. The zero-order valence-corrected chi connectivity index (χ0v) is 24.3. The van der Waals surface area contributed by atoms with Gasteiger partial charge in [-0.2, -0.15) is 9.40 Å². The van der Waals surface area contributed by atoms with Gasteiger partial charge in [0.25, 0.3) is 5.56 Å². The fourth-order valence-corrected chi connectivity index (χ4v) is 7.10. The molecule has 0 saturated carbocycles. The number of benzene rings is 2. The van der Waals surface area contributed by atoms with Crippen LogP contribution in [-0.2, 0) is 14.8 Å². The number of ether oxygens (including phenoxy) is 1. The third-order valence-electron chi connectivity index (χ3n) is 8.09. The van der Waals surface area contributed by atoms with Gasteiger partial charge in [-0.3, -0.25) is 9.59 Å². The summed E-state index contributed by atoms with van der Waals surface area (Å²) in [4.78, 5) is 29.2. The quantitative estimate of drug-likeness (QED) is 0.441. The lowest BCUT2D eigenvalue weighted by atomic mass is 9.87. The standard InChI is InChI=1S/C29H34FN5O6S/c1-41-21-9-10-22(25(30)16-21)23-17-34(27-11-12-28(37)32-31-27)18-24(23)29(38)33-13-3-4-26(19-5-7-20(36)8-6-19)35(15-14-33)42(2,39)40/h5-12,16,23-24,26,36H,3-4,13-15,17-18H2,1-2H3,(H,32,37)/t23-,24+,26?/m0/s1. The van der Waals surface area contributed by atoms with Gasteiger partial charge in [0.05, 0.1) is 19.3 Å². The molecule has 2 aliphatic rings. The molecule has 1 amide bonds. The van der Waals surface area contributed by atoms with Gasteiger partial charge in [0.2, 0.25) is 15.9 Å².